The fourth-order valence-corrected chi connectivity index (χ4v) is 5.71. The van der Waals surface area contributed by atoms with Crippen LogP contribution in [0, 0.1) is 5.41 Å². The molecular formula is C31H45NO8. The molecule has 5 unspecified atom stereocenters. The highest BCUT2D eigenvalue weighted by Crippen LogP contribution is 2.47. The fraction of sp³-hybridized carbons (Fsp3) is 0.677. The van der Waals surface area contributed by atoms with E-state index in [1.54, 1.807) is 0 Å². The lowest BCUT2D eigenvalue weighted by atomic mass is 9.81. The Bertz CT molecular complexity index is 929. The van der Waals surface area contributed by atoms with Gasteiger partial charge in [-0.3, -0.25) is 10.1 Å². The number of esters is 1. The Balaban J connectivity index is 1.46. The molecule has 5 atom stereocenters. The van der Waals surface area contributed by atoms with Crippen LogP contribution >= 0.6 is 0 Å². The molecule has 0 bridgehead atoms. The summed E-state index contributed by atoms with van der Waals surface area (Å²) in [6.45, 7) is 1.59. The molecule has 9 heteroatoms. The SMILES string of the molecule is COC(=O)CCCC=CCC1(COC(=O)Nc2ccccc2)CC(OC2CCCCO2)CC1OC1CCCCO1. The van der Waals surface area contributed by atoms with Crippen LogP contribution in [0.25, 0.3) is 0 Å². The number of amides is 1. The van der Waals surface area contributed by atoms with Gasteiger partial charge in [0.1, 0.15) is 6.61 Å². The van der Waals surface area contributed by atoms with Gasteiger partial charge in [0, 0.05) is 37.2 Å². The summed E-state index contributed by atoms with van der Waals surface area (Å²) in [5, 5.41) is 2.82. The summed E-state index contributed by atoms with van der Waals surface area (Å²) < 4.78 is 35.5. The Labute approximate surface area is 237 Å². The maximum atomic E-state index is 12.8. The number of carbonyl (C=O) groups excluding carboxylic acids is 2. The molecule has 1 aromatic carbocycles. The third kappa shape index (κ3) is 9.58. The van der Waals surface area contributed by atoms with Gasteiger partial charge in [-0.25, -0.2) is 4.79 Å². The van der Waals surface area contributed by atoms with Crippen molar-refractivity contribution in [1.82, 2.24) is 0 Å². The summed E-state index contributed by atoms with van der Waals surface area (Å²) in [6.07, 6.45) is 12.8. The van der Waals surface area contributed by atoms with Crippen LogP contribution in [0.2, 0.25) is 0 Å². The number of allylic oxidation sites excluding steroid dienone is 2. The summed E-state index contributed by atoms with van der Waals surface area (Å²) >= 11 is 0. The molecule has 222 valence electrons. The molecule has 40 heavy (non-hydrogen) atoms. The molecule has 2 aliphatic heterocycles. The number of carbonyl (C=O) groups is 2. The first kappa shape index (κ1) is 30.5. The number of nitrogens with one attached hydrogen (secondary N) is 1. The van der Waals surface area contributed by atoms with Gasteiger partial charge in [-0.15, -0.1) is 0 Å². The lowest BCUT2D eigenvalue weighted by molar-refractivity contribution is -0.212. The summed E-state index contributed by atoms with van der Waals surface area (Å²) in [4.78, 5) is 24.3. The Kier molecular flexibility index (Phi) is 12.3. The maximum Gasteiger partial charge on any atom is 0.411 e. The number of benzene rings is 1. The van der Waals surface area contributed by atoms with E-state index in [1.165, 1.54) is 7.11 Å². The highest BCUT2D eigenvalue weighted by Gasteiger charge is 2.50. The molecule has 3 fully saturated rings. The van der Waals surface area contributed by atoms with Crippen LogP contribution in [-0.4, -0.2) is 63.8 Å². The molecule has 4 rings (SSSR count). The third-order valence-corrected chi connectivity index (χ3v) is 7.91. The molecule has 0 radical (unpaired) electrons. The lowest BCUT2D eigenvalue weighted by Crippen LogP contribution is -2.41. The number of para-hydroxylation sites is 1. The Morgan fingerprint density at radius 1 is 1.00 bits per heavy atom. The molecular weight excluding hydrogens is 514 g/mol. The van der Waals surface area contributed by atoms with Crippen molar-refractivity contribution in [2.75, 3.05) is 32.2 Å². The van der Waals surface area contributed by atoms with Gasteiger partial charge in [-0.05, 0) is 76.3 Å². The fourth-order valence-electron chi connectivity index (χ4n) is 5.71. The predicted molar refractivity (Wildman–Crippen MR) is 150 cm³/mol. The van der Waals surface area contributed by atoms with Crippen molar-refractivity contribution in [3.63, 3.8) is 0 Å². The number of unbranched alkanes of at least 4 members (excludes halogenated alkanes) is 1. The molecule has 9 nitrogen and oxygen atoms in total. The molecule has 1 saturated carbocycles. The van der Waals surface area contributed by atoms with Crippen molar-refractivity contribution < 1.29 is 38.0 Å². The van der Waals surface area contributed by atoms with Crippen LogP contribution in [0.5, 0.6) is 0 Å². The summed E-state index contributed by atoms with van der Waals surface area (Å²) in [7, 11) is 1.41. The van der Waals surface area contributed by atoms with Crippen LogP contribution in [0.4, 0.5) is 10.5 Å². The Morgan fingerprint density at radius 2 is 1.73 bits per heavy atom. The normalized spacial score (nSPS) is 28.8. The second kappa shape index (κ2) is 16.1. The molecule has 3 aliphatic rings. The number of anilines is 1. The minimum Gasteiger partial charge on any atom is -0.469 e. The number of rotatable bonds is 13. The van der Waals surface area contributed by atoms with Crippen molar-refractivity contribution in [3.05, 3.63) is 42.5 Å². The molecule has 1 N–H and O–H groups in total. The molecule has 0 aromatic heterocycles. The highest BCUT2D eigenvalue weighted by molar-refractivity contribution is 5.84. The van der Waals surface area contributed by atoms with Crippen LogP contribution < -0.4 is 5.32 Å². The average Bonchev–Trinajstić information content (AvgIpc) is 3.31. The quantitative estimate of drug-likeness (QED) is 0.175. The minimum absolute atomic E-state index is 0.0785. The molecule has 2 saturated heterocycles. The van der Waals surface area contributed by atoms with E-state index in [1.807, 2.05) is 30.3 Å². The largest absolute Gasteiger partial charge is 0.469 e. The van der Waals surface area contributed by atoms with Crippen molar-refractivity contribution in [1.29, 1.82) is 0 Å². The first-order valence-corrected chi connectivity index (χ1v) is 14.8. The number of ether oxygens (including phenoxy) is 6. The molecule has 0 spiro atoms. The van der Waals surface area contributed by atoms with E-state index in [9.17, 15) is 9.59 Å². The van der Waals surface area contributed by atoms with Crippen molar-refractivity contribution in [2.45, 2.75) is 102 Å². The maximum absolute atomic E-state index is 12.8. The smallest absolute Gasteiger partial charge is 0.411 e. The van der Waals surface area contributed by atoms with Gasteiger partial charge in [0.2, 0.25) is 0 Å². The van der Waals surface area contributed by atoms with E-state index in [0.717, 1.165) is 51.6 Å². The summed E-state index contributed by atoms with van der Waals surface area (Å²) in [5.74, 6) is -0.204. The van der Waals surface area contributed by atoms with Crippen LogP contribution in [0.15, 0.2) is 42.5 Å². The van der Waals surface area contributed by atoms with Crippen LogP contribution in [0.1, 0.15) is 77.0 Å². The van der Waals surface area contributed by atoms with Gasteiger partial charge in [0.25, 0.3) is 0 Å². The minimum atomic E-state index is -0.500. The van der Waals surface area contributed by atoms with Gasteiger partial charge in [-0.2, -0.15) is 0 Å². The van der Waals surface area contributed by atoms with Gasteiger partial charge >= 0.3 is 12.1 Å². The second-order valence-electron chi connectivity index (χ2n) is 11.0. The zero-order chi connectivity index (χ0) is 28.0. The zero-order valence-corrected chi connectivity index (χ0v) is 23.7. The second-order valence-corrected chi connectivity index (χ2v) is 11.0. The van der Waals surface area contributed by atoms with Gasteiger partial charge in [0.05, 0.1) is 19.3 Å². The topological polar surface area (TPSA) is 102 Å². The van der Waals surface area contributed by atoms with Crippen molar-refractivity contribution >= 4 is 17.7 Å². The summed E-state index contributed by atoms with van der Waals surface area (Å²) in [6, 6.07) is 9.27. The standard InChI is InChI=1S/C31H45NO8/c1-35-27(33)15-7-2-3-10-18-31(23-38-30(34)32-24-13-5-4-6-14-24)22-25(39-28-16-8-11-19-36-28)21-26(31)40-29-17-9-12-20-37-29/h3-6,10,13-14,25-26,28-29H,2,7-9,11-12,15-23H2,1H3,(H,32,34). The Hall–Kier alpha value is -2.46. The van der Waals surface area contributed by atoms with Gasteiger partial charge < -0.3 is 28.4 Å². The lowest BCUT2D eigenvalue weighted by Gasteiger charge is -2.36. The first-order valence-electron chi connectivity index (χ1n) is 14.8. The molecule has 1 amide bonds. The van der Waals surface area contributed by atoms with E-state index in [0.29, 0.717) is 44.4 Å². The third-order valence-electron chi connectivity index (χ3n) is 7.91. The van der Waals surface area contributed by atoms with Crippen LogP contribution in [0.3, 0.4) is 0 Å². The average molecular weight is 560 g/mol. The highest BCUT2D eigenvalue weighted by atomic mass is 16.7. The van der Waals surface area contributed by atoms with E-state index >= 15 is 0 Å². The van der Waals surface area contributed by atoms with Gasteiger partial charge in [-0.1, -0.05) is 30.4 Å². The van der Waals surface area contributed by atoms with E-state index in [4.69, 9.17) is 28.4 Å². The number of methoxy groups -OCH3 is 1. The first-order chi connectivity index (χ1) is 19.6. The molecule has 1 aliphatic carbocycles. The van der Waals surface area contributed by atoms with E-state index < -0.39 is 11.5 Å². The van der Waals surface area contributed by atoms with Crippen molar-refractivity contribution in [2.24, 2.45) is 5.41 Å². The monoisotopic (exact) mass is 559 g/mol. The molecule has 2 heterocycles. The summed E-state index contributed by atoms with van der Waals surface area (Å²) in [5.41, 5.74) is 0.185. The number of hydrogen-bond donors (Lipinski definition) is 1. The van der Waals surface area contributed by atoms with Crippen LogP contribution in [-0.2, 0) is 33.2 Å². The predicted octanol–water partition coefficient (Wildman–Crippen LogP) is 6.13. The molecule has 1 aromatic rings. The zero-order valence-electron chi connectivity index (χ0n) is 23.7. The van der Waals surface area contributed by atoms with Crippen molar-refractivity contribution in [3.8, 4) is 0 Å². The number of hydrogen-bond acceptors (Lipinski definition) is 8. The van der Waals surface area contributed by atoms with Gasteiger partial charge in [0.15, 0.2) is 12.6 Å². The Morgan fingerprint density at radius 3 is 2.40 bits per heavy atom. The van der Waals surface area contributed by atoms with E-state index in [2.05, 4.69) is 17.5 Å². The van der Waals surface area contributed by atoms with E-state index in [-0.39, 0.29) is 37.4 Å².